The second kappa shape index (κ2) is 4.65. The first-order valence-corrected chi connectivity index (χ1v) is 6.10. The molecule has 0 spiro atoms. The van der Waals surface area contributed by atoms with Gasteiger partial charge in [-0.25, -0.2) is 4.98 Å². The van der Waals surface area contributed by atoms with Gasteiger partial charge in [-0.3, -0.25) is 0 Å². The van der Waals surface area contributed by atoms with Crippen LogP contribution in [0.3, 0.4) is 0 Å². The normalized spacial score (nSPS) is 10.6. The van der Waals surface area contributed by atoms with E-state index in [1.807, 2.05) is 37.2 Å². The molecule has 0 aliphatic heterocycles. The van der Waals surface area contributed by atoms with Crippen LogP contribution in [-0.4, -0.2) is 29.3 Å². The Morgan fingerprint density at radius 3 is 2.42 bits per heavy atom. The van der Waals surface area contributed by atoms with Crippen LogP contribution in [0.15, 0.2) is 48.8 Å². The third kappa shape index (κ3) is 2.12. The monoisotopic (exact) mass is 250 g/mol. The number of rotatable bonds is 2. The summed E-state index contributed by atoms with van der Waals surface area (Å²) in [5.41, 5.74) is 3.15. The van der Waals surface area contributed by atoms with Gasteiger partial charge in [0.1, 0.15) is 5.82 Å². The van der Waals surface area contributed by atoms with Crippen LogP contribution < -0.4 is 4.90 Å². The quantitative estimate of drug-likeness (QED) is 0.701. The van der Waals surface area contributed by atoms with Crippen molar-refractivity contribution in [2.24, 2.45) is 0 Å². The number of pyridine rings is 1. The first-order valence-electron chi connectivity index (χ1n) is 6.10. The SMILES string of the molecule is CN(C)c1cc(-c2ccccc2)c2cnncc2n1. The Labute approximate surface area is 111 Å². The summed E-state index contributed by atoms with van der Waals surface area (Å²) in [6.45, 7) is 0. The van der Waals surface area contributed by atoms with Gasteiger partial charge in [-0.15, -0.1) is 0 Å². The molecule has 0 radical (unpaired) electrons. The van der Waals surface area contributed by atoms with Crippen molar-refractivity contribution in [2.75, 3.05) is 19.0 Å². The second-order valence-electron chi connectivity index (χ2n) is 4.58. The summed E-state index contributed by atoms with van der Waals surface area (Å²) in [4.78, 5) is 6.58. The lowest BCUT2D eigenvalue weighted by Gasteiger charge is -2.14. The predicted molar refractivity (Wildman–Crippen MR) is 77.1 cm³/mol. The van der Waals surface area contributed by atoms with Gasteiger partial charge < -0.3 is 4.90 Å². The van der Waals surface area contributed by atoms with Crippen molar-refractivity contribution in [3.63, 3.8) is 0 Å². The third-order valence-electron chi connectivity index (χ3n) is 3.05. The molecule has 1 aromatic carbocycles. The van der Waals surface area contributed by atoms with Crippen LogP contribution in [-0.2, 0) is 0 Å². The van der Waals surface area contributed by atoms with E-state index in [0.717, 1.165) is 27.8 Å². The molecular formula is C15H14N4. The fourth-order valence-electron chi connectivity index (χ4n) is 2.06. The Bertz CT molecular complexity index is 708. The lowest BCUT2D eigenvalue weighted by molar-refractivity contribution is 1.03. The Morgan fingerprint density at radius 2 is 1.68 bits per heavy atom. The van der Waals surface area contributed by atoms with E-state index in [1.54, 1.807) is 12.4 Å². The minimum atomic E-state index is 0.861. The molecular weight excluding hydrogens is 236 g/mol. The zero-order valence-electron chi connectivity index (χ0n) is 10.9. The number of nitrogens with zero attached hydrogens (tertiary/aromatic N) is 4. The van der Waals surface area contributed by atoms with E-state index in [0.29, 0.717) is 0 Å². The zero-order chi connectivity index (χ0) is 13.2. The van der Waals surface area contributed by atoms with Gasteiger partial charge in [-0.2, -0.15) is 10.2 Å². The van der Waals surface area contributed by atoms with Gasteiger partial charge >= 0.3 is 0 Å². The van der Waals surface area contributed by atoms with E-state index in [-0.39, 0.29) is 0 Å². The zero-order valence-corrected chi connectivity index (χ0v) is 10.9. The number of aromatic nitrogens is 3. The summed E-state index contributed by atoms with van der Waals surface area (Å²) in [6.07, 6.45) is 3.47. The molecule has 0 saturated carbocycles. The molecule has 94 valence electrons. The maximum absolute atomic E-state index is 4.58. The highest BCUT2D eigenvalue weighted by molar-refractivity contribution is 5.95. The summed E-state index contributed by atoms with van der Waals surface area (Å²) in [6, 6.07) is 12.3. The molecule has 0 aliphatic rings. The smallest absolute Gasteiger partial charge is 0.129 e. The average molecular weight is 250 g/mol. The second-order valence-corrected chi connectivity index (χ2v) is 4.58. The van der Waals surface area contributed by atoms with Gasteiger partial charge in [-0.1, -0.05) is 30.3 Å². The van der Waals surface area contributed by atoms with Crippen molar-refractivity contribution in [1.82, 2.24) is 15.2 Å². The maximum atomic E-state index is 4.58. The molecule has 0 unspecified atom stereocenters. The number of hydrogen-bond donors (Lipinski definition) is 0. The van der Waals surface area contributed by atoms with E-state index in [1.165, 1.54) is 0 Å². The molecule has 0 aliphatic carbocycles. The Hall–Kier alpha value is -2.49. The van der Waals surface area contributed by atoms with Crippen molar-refractivity contribution in [3.8, 4) is 11.1 Å². The van der Waals surface area contributed by atoms with Gasteiger partial charge in [0, 0.05) is 19.5 Å². The van der Waals surface area contributed by atoms with Gasteiger partial charge in [0.15, 0.2) is 0 Å². The Balaban J connectivity index is 2.33. The summed E-state index contributed by atoms with van der Waals surface area (Å²) in [5, 5.41) is 8.91. The summed E-state index contributed by atoms with van der Waals surface area (Å²) >= 11 is 0. The Morgan fingerprint density at radius 1 is 0.947 bits per heavy atom. The number of fused-ring (bicyclic) bond motifs is 1. The first kappa shape index (κ1) is 11.6. The van der Waals surface area contributed by atoms with Crippen LogP contribution >= 0.6 is 0 Å². The highest BCUT2D eigenvalue weighted by atomic mass is 15.1. The van der Waals surface area contributed by atoms with Gasteiger partial charge in [0.2, 0.25) is 0 Å². The van der Waals surface area contributed by atoms with Gasteiger partial charge in [-0.05, 0) is 17.2 Å². The molecule has 0 fully saturated rings. The third-order valence-corrected chi connectivity index (χ3v) is 3.05. The van der Waals surface area contributed by atoms with Crippen molar-refractivity contribution < 1.29 is 0 Å². The largest absolute Gasteiger partial charge is 0.363 e. The van der Waals surface area contributed by atoms with Crippen molar-refractivity contribution in [2.45, 2.75) is 0 Å². The minimum absolute atomic E-state index is 0.861. The maximum Gasteiger partial charge on any atom is 0.129 e. The van der Waals surface area contributed by atoms with Crippen LogP contribution in [0.2, 0.25) is 0 Å². The fourth-order valence-corrected chi connectivity index (χ4v) is 2.06. The molecule has 2 aromatic heterocycles. The standard InChI is InChI=1S/C15H14N4/c1-19(2)15-8-12(11-6-4-3-5-7-11)13-9-16-17-10-14(13)18-15/h3-10H,1-2H3. The van der Waals surface area contributed by atoms with E-state index < -0.39 is 0 Å². The summed E-state index contributed by atoms with van der Waals surface area (Å²) < 4.78 is 0. The van der Waals surface area contributed by atoms with Crippen LogP contribution in [0.1, 0.15) is 0 Å². The number of anilines is 1. The summed E-state index contributed by atoms with van der Waals surface area (Å²) in [7, 11) is 3.97. The molecule has 3 rings (SSSR count). The van der Waals surface area contributed by atoms with Crippen molar-refractivity contribution >= 4 is 16.7 Å². The highest BCUT2D eigenvalue weighted by Crippen LogP contribution is 2.29. The topological polar surface area (TPSA) is 41.9 Å². The van der Waals surface area contributed by atoms with Crippen molar-refractivity contribution in [3.05, 3.63) is 48.8 Å². The average Bonchev–Trinajstić information content (AvgIpc) is 2.47. The van der Waals surface area contributed by atoms with Crippen LogP contribution in [0.4, 0.5) is 5.82 Å². The molecule has 4 nitrogen and oxygen atoms in total. The molecule has 4 heteroatoms. The lowest BCUT2D eigenvalue weighted by Crippen LogP contribution is -2.10. The van der Waals surface area contributed by atoms with Crippen molar-refractivity contribution in [1.29, 1.82) is 0 Å². The van der Waals surface area contributed by atoms with Gasteiger partial charge in [0.05, 0.1) is 17.9 Å². The number of hydrogen-bond acceptors (Lipinski definition) is 4. The highest BCUT2D eigenvalue weighted by Gasteiger charge is 2.09. The lowest BCUT2D eigenvalue weighted by atomic mass is 10.0. The molecule has 0 amide bonds. The van der Waals surface area contributed by atoms with E-state index in [4.69, 9.17) is 0 Å². The van der Waals surface area contributed by atoms with Crippen LogP contribution in [0.25, 0.3) is 22.0 Å². The summed E-state index contributed by atoms with van der Waals surface area (Å²) in [5.74, 6) is 0.916. The number of benzene rings is 1. The first-order chi connectivity index (χ1) is 9.25. The molecule has 3 aromatic rings. The van der Waals surface area contributed by atoms with Crippen LogP contribution in [0, 0.1) is 0 Å². The molecule has 19 heavy (non-hydrogen) atoms. The van der Waals surface area contributed by atoms with Gasteiger partial charge in [0.25, 0.3) is 0 Å². The molecule has 0 atom stereocenters. The molecule has 0 saturated heterocycles. The predicted octanol–water partition coefficient (Wildman–Crippen LogP) is 2.76. The van der Waals surface area contributed by atoms with E-state index in [9.17, 15) is 0 Å². The minimum Gasteiger partial charge on any atom is -0.363 e. The fraction of sp³-hybridized carbons (Fsp3) is 0.133. The molecule has 0 bridgehead atoms. The molecule has 0 N–H and O–H groups in total. The van der Waals surface area contributed by atoms with Crippen LogP contribution in [0.5, 0.6) is 0 Å². The van der Waals surface area contributed by atoms with E-state index in [2.05, 4.69) is 33.4 Å². The van der Waals surface area contributed by atoms with E-state index >= 15 is 0 Å². The molecule has 2 heterocycles. The Kier molecular flexibility index (Phi) is 2.83.